The number of aryl methyl sites for hydroxylation is 2. The maximum absolute atomic E-state index is 12.2. The van der Waals surface area contributed by atoms with Gasteiger partial charge in [-0.1, -0.05) is 12.1 Å². The molecule has 0 aliphatic heterocycles. The van der Waals surface area contributed by atoms with Gasteiger partial charge in [0.2, 0.25) is 0 Å². The Morgan fingerprint density at radius 1 is 1.39 bits per heavy atom. The first-order valence-corrected chi connectivity index (χ1v) is 7.94. The summed E-state index contributed by atoms with van der Waals surface area (Å²) in [6, 6.07) is 9.91. The number of hydrogen-bond acceptors (Lipinski definition) is 4. The van der Waals surface area contributed by atoms with Gasteiger partial charge in [-0.05, 0) is 35.0 Å². The molecule has 0 bridgehead atoms. The van der Waals surface area contributed by atoms with Crippen LogP contribution in [-0.2, 0) is 13.6 Å². The van der Waals surface area contributed by atoms with E-state index >= 15 is 0 Å². The molecule has 2 aromatic heterocycles. The Morgan fingerprint density at radius 2 is 2.13 bits per heavy atom. The molecule has 2 heterocycles. The lowest BCUT2D eigenvalue weighted by Crippen LogP contribution is -2.25. The average molecular weight is 372 g/mol. The minimum Gasteiger partial charge on any atom is -0.330 e. The molecular weight excluding hydrogens is 358 g/mol. The molecule has 3 rings (SSSR count). The van der Waals surface area contributed by atoms with Gasteiger partial charge in [-0.25, -0.2) is 9.67 Å². The molecule has 1 unspecified atom stereocenters. The van der Waals surface area contributed by atoms with Crippen molar-refractivity contribution in [2.24, 2.45) is 7.05 Å². The molecule has 0 saturated heterocycles. The molecule has 23 heavy (non-hydrogen) atoms. The van der Waals surface area contributed by atoms with Crippen LogP contribution in [0.25, 0.3) is 11.0 Å². The van der Waals surface area contributed by atoms with E-state index in [9.17, 15) is 10.1 Å². The van der Waals surface area contributed by atoms with Crippen LogP contribution in [-0.4, -0.2) is 19.3 Å². The predicted octanol–water partition coefficient (Wildman–Crippen LogP) is 2.57. The highest BCUT2D eigenvalue weighted by Crippen LogP contribution is 2.29. The van der Waals surface area contributed by atoms with Gasteiger partial charge in [-0.15, -0.1) is 0 Å². The van der Waals surface area contributed by atoms with Gasteiger partial charge in [0.1, 0.15) is 11.7 Å². The molecule has 7 heteroatoms. The number of rotatable bonds is 3. The van der Waals surface area contributed by atoms with Gasteiger partial charge in [0, 0.05) is 19.2 Å². The van der Waals surface area contributed by atoms with Crippen molar-refractivity contribution >= 4 is 27.0 Å². The maximum atomic E-state index is 12.2. The minimum absolute atomic E-state index is 0.246. The second kappa shape index (κ2) is 5.97. The molecule has 0 fully saturated rings. The largest absolute Gasteiger partial charge is 0.330 e. The number of halogens is 1. The highest BCUT2D eigenvalue weighted by atomic mass is 79.9. The third-order valence-electron chi connectivity index (χ3n) is 3.83. The third-order valence-corrected chi connectivity index (χ3v) is 4.63. The van der Waals surface area contributed by atoms with Gasteiger partial charge < -0.3 is 4.57 Å². The minimum atomic E-state index is -0.673. The number of imidazole rings is 1. The fraction of sp³-hybridized carbons (Fsp3) is 0.250. The molecule has 6 nitrogen and oxygen atoms in total. The summed E-state index contributed by atoms with van der Waals surface area (Å²) >= 11 is 3.32. The molecule has 0 N–H and O–H groups in total. The Bertz CT molecular complexity index is 982. The van der Waals surface area contributed by atoms with E-state index in [1.807, 2.05) is 42.8 Å². The zero-order valence-electron chi connectivity index (χ0n) is 12.7. The summed E-state index contributed by atoms with van der Waals surface area (Å²) in [6.07, 6.45) is 1.56. The topological polar surface area (TPSA) is 76.5 Å². The highest BCUT2D eigenvalue weighted by molar-refractivity contribution is 9.10. The monoisotopic (exact) mass is 371 g/mol. The summed E-state index contributed by atoms with van der Waals surface area (Å²) in [4.78, 5) is 16.8. The Hall–Kier alpha value is -2.46. The fourth-order valence-corrected chi connectivity index (χ4v) is 3.13. The Labute approximate surface area is 141 Å². The number of aromatic nitrogens is 4. The van der Waals surface area contributed by atoms with E-state index in [-0.39, 0.29) is 5.56 Å². The van der Waals surface area contributed by atoms with Crippen LogP contribution < -0.4 is 5.56 Å². The van der Waals surface area contributed by atoms with Crippen LogP contribution in [0.1, 0.15) is 24.2 Å². The van der Waals surface area contributed by atoms with Crippen molar-refractivity contribution in [1.29, 1.82) is 5.26 Å². The molecular formula is C16H14BrN5O. The number of nitrogens with zero attached hydrogens (tertiary/aromatic N) is 5. The van der Waals surface area contributed by atoms with Gasteiger partial charge in [0.05, 0.1) is 27.8 Å². The standard InChI is InChI=1S/C16H14BrN5O/c1-3-22-16(23)14(17)11(9-19-22)10(8-18)15-20-12-6-4-5-7-13(12)21(15)2/h4-7,9-10H,3H2,1-2H3. The SMILES string of the molecule is CCn1ncc(C(C#N)c2nc3ccccc3n2C)c(Br)c1=O. The van der Waals surface area contributed by atoms with Crippen LogP contribution in [0.3, 0.4) is 0 Å². The van der Waals surface area contributed by atoms with E-state index in [0.29, 0.717) is 22.4 Å². The summed E-state index contributed by atoms with van der Waals surface area (Å²) in [7, 11) is 1.86. The third kappa shape index (κ3) is 2.45. The van der Waals surface area contributed by atoms with E-state index in [1.54, 1.807) is 6.20 Å². The molecule has 0 aliphatic carbocycles. The Kier molecular flexibility index (Phi) is 4.01. The number of benzene rings is 1. The lowest BCUT2D eigenvalue weighted by atomic mass is 10.0. The van der Waals surface area contributed by atoms with Gasteiger partial charge in [0.15, 0.2) is 0 Å². The highest BCUT2D eigenvalue weighted by Gasteiger charge is 2.24. The van der Waals surface area contributed by atoms with Gasteiger partial charge in [-0.2, -0.15) is 10.4 Å². The number of nitriles is 1. The van der Waals surface area contributed by atoms with Crippen molar-refractivity contribution in [3.63, 3.8) is 0 Å². The molecule has 0 spiro atoms. The molecule has 0 aliphatic rings. The maximum Gasteiger partial charge on any atom is 0.281 e. The lowest BCUT2D eigenvalue weighted by molar-refractivity contribution is 0.605. The van der Waals surface area contributed by atoms with Crippen molar-refractivity contribution in [3.05, 3.63) is 56.7 Å². The Morgan fingerprint density at radius 3 is 2.78 bits per heavy atom. The van der Waals surface area contributed by atoms with E-state index < -0.39 is 5.92 Å². The second-order valence-corrected chi connectivity index (χ2v) is 5.91. The van der Waals surface area contributed by atoms with Crippen LogP contribution >= 0.6 is 15.9 Å². The van der Waals surface area contributed by atoms with E-state index in [1.165, 1.54) is 4.68 Å². The Balaban J connectivity index is 2.21. The van der Waals surface area contributed by atoms with Gasteiger partial charge >= 0.3 is 0 Å². The van der Waals surface area contributed by atoms with Gasteiger partial charge in [-0.3, -0.25) is 4.79 Å². The number of para-hydroxylation sites is 2. The van der Waals surface area contributed by atoms with E-state index in [0.717, 1.165) is 11.0 Å². The van der Waals surface area contributed by atoms with Crippen LogP contribution in [0.2, 0.25) is 0 Å². The molecule has 3 aromatic rings. The van der Waals surface area contributed by atoms with Crippen molar-refractivity contribution in [3.8, 4) is 6.07 Å². The average Bonchev–Trinajstić information content (AvgIpc) is 2.90. The summed E-state index contributed by atoms with van der Waals surface area (Å²) in [5, 5.41) is 13.8. The summed E-state index contributed by atoms with van der Waals surface area (Å²) in [5.41, 5.74) is 2.04. The lowest BCUT2D eigenvalue weighted by Gasteiger charge is -2.12. The van der Waals surface area contributed by atoms with Crippen LogP contribution in [0.5, 0.6) is 0 Å². The van der Waals surface area contributed by atoms with E-state index in [2.05, 4.69) is 32.1 Å². The first-order valence-electron chi connectivity index (χ1n) is 7.15. The molecule has 0 radical (unpaired) electrons. The zero-order valence-corrected chi connectivity index (χ0v) is 14.3. The van der Waals surface area contributed by atoms with Crippen molar-refractivity contribution in [2.45, 2.75) is 19.4 Å². The zero-order chi connectivity index (χ0) is 16.6. The molecule has 1 atom stereocenters. The molecule has 0 saturated carbocycles. The quantitative estimate of drug-likeness (QED) is 0.708. The van der Waals surface area contributed by atoms with Crippen molar-refractivity contribution in [1.82, 2.24) is 19.3 Å². The number of hydrogen-bond donors (Lipinski definition) is 0. The van der Waals surface area contributed by atoms with E-state index in [4.69, 9.17) is 0 Å². The van der Waals surface area contributed by atoms with Crippen LogP contribution in [0.15, 0.2) is 39.7 Å². The molecule has 0 amide bonds. The molecule has 1 aromatic carbocycles. The van der Waals surface area contributed by atoms with Crippen molar-refractivity contribution < 1.29 is 0 Å². The van der Waals surface area contributed by atoms with Crippen LogP contribution in [0, 0.1) is 11.3 Å². The normalized spacial score (nSPS) is 12.3. The van der Waals surface area contributed by atoms with Crippen molar-refractivity contribution in [2.75, 3.05) is 0 Å². The van der Waals surface area contributed by atoms with Crippen LogP contribution in [0.4, 0.5) is 0 Å². The smallest absolute Gasteiger partial charge is 0.281 e. The number of fused-ring (bicyclic) bond motifs is 1. The predicted molar refractivity (Wildman–Crippen MR) is 90.0 cm³/mol. The first kappa shape index (κ1) is 15.4. The summed E-state index contributed by atoms with van der Waals surface area (Å²) in [6.45, 7) is 2.31. The first-order chi connectivity index (χ1) is 11.1. The second-order valence-electron chi connectivity index (χ2n) is 5.11. The fourth-order valence-electron chi connectivity index (χ4n) is 2.59. The summed E-state index contributed by atoms with van der Waals surface area (Å²) < 4.78 is 3.57. The van der Waals surface area contributed by atoms with Gasteiger partial charge in [0.25, 0.3) is 5.56 Å². The molecule has 116 valence electrons. The summed E-state index contributed by atoms with van der Waals surface area (Å²) in [5.74, 6) is -0.0849.